The number of fused-ring (bicyclic) bond motifs is 3. The van der Waals surface area contributed by atoms with Crippen molar-refractivity contribution in [1.82, 2.24) is 55.8 Å². The highest BCUT2D eigenvalue weighted by Crippen LogP contribution is 2.39. The van der Waals surface area contributed by atoms with Crippen LogP contribution in [0.15, 0.2) is 67.0 Å². The molecule has 0 bridgehead atoms. The average Bonchev–Trinajstić information content (AvgIpc) is 3.98. The van der Waals surface area contributed by atoms with Gasteiger partial charge in [-0.2, -0.15) is 0 Å². The van der Waals surface area contributed by atoms with Gasteiger partial charge in [0, 0.05) is 104 Å². The quantitative estimate of drug-likeness (QED) is 0.0915. The van der Waals surface area contributed by atoms with Crippen molar-refractivity contribution in [3.05, 3.63) is 94.9 Å². The molecule has 2 aromatic carbocycles. The van der Waals surface area contributed by atoms with Gasteiger partial charge in [0.25, 0.3) is 0 Å². The summed E-state index contributed by atoms with van der Waals surface area (Å²) in [6.07, 6.45) is 12.8. The number of phenolic OH excluding ortho intramolecular Hbond substituents is 1. The number of H-pyrrole nitrogens is 1. The number of urea groups is 1. The second-order valence-corrected chi connectivity index (χ2v) is 20.6. The van der Waals surface area contributed by atoms with Crippen LogP contribution in [0.3, 0.4) is 0 Å². The van der Waals surface area contributed by atoms with Gasteiger partial charge in [0.1, 0.15) is 17.8 Å². The minimum atomic E-state index is -1.16. The number of nitrogens with one attached hydrogen (secondary N) is 4. The molecule has 9 rings (SSSR count). The molecule has 378 valence electrons. The zero-order valence-electron chi connectivity index (χ0n) is 41.8. The molecule has 0 saturated carbocycles. The largest absolute Gasteiger partial charge is 0.507 e. The third-order valence-corrected chi connectivity index (χ3v) is 15.5. The number of rotatable bonds is 12. The highest BCUT2D eigenvalue weighted by molar-refractivity contribution is 5.94. The number of para-hydroxylation sites is 1. The van der Waals surface area contributed by atoms with Crippen LogP contribution in [-0.4, -0.2) is 144 Å². The van der Waals surface area contributed by atoms with E-state index in [-0.39, 0.29) is 37.1 Å². The number of carbonyl (C=O) groups excluding carboxylic acids is 4. The van der Waals surface area contributed by atoms with Crippen LogP contribution in [0.5, 0.6) is 5.75 Å². The van der Waals surface area contributed by atoms with Gasteiger partial charge in [0.15, 0.2) is 5.65 Å². The van der Waals surface area contributed by atoms with Crippen molar-refractivity contribution >= 4 is 40.7 Å². The van der Waals surface area contributed by atoms with Crippen molar-refractivity contribution in [2.45, 2.75) is 115 Å². The number of amides is 5. The number of terminal acetylenes is 1. The third-order valence-electron chi connectivity index (χ3n) is 15.5. The predicted octanol–water partition coefficient (Wildman–Crippen LogP) is 4.95. The molecule has 5 amide bonds. The minimum Gasteiger partial charge on any atom is -0.507 e. The Morgan fingerprint density at radius 2 is 1.65 bits per heavy atom. The monoisotopic (exact) mass is 979 g/mol. The normalized spacial score (nSPS) is 20.9. The lowest BCUT2D eigenvalue weighted by atomic mass is 9.80. The number of nitrogens with zero attached hydrogens (tertiary/aromatic N) is 8. The number of phenols is 1. The first kappa shape index (κ1) is 49.9. The van der Waals surface area contributed by atoms with Crippen molar-refractivity contribution < 1.29 is 29.4 Å². The second kappa shape index (κ2) is 20.9. The van der Waals surface area contributed by atoms with Gasteiger partial charge >= 0.3 is 6.03 Å². The van der Waals surface area contributed by atoms with Crippen LogP contribution in [-0.2, 0) is 20.8 Å². The summed E-state index contributed by atoms with van der Waals surface area (Å²) in [5, 5.41) is 39.8. The molecule has 0 aliphatic carbocycles. The Morgan fingerprint density at radius 1 is 0.944 bits per heavy atom. The Kier molecular flexibility index (Phi) is 14.5. The Balaban J connectivity index is 0.789. The number of β-amino-alcohol motifs (C(OH)–C–C–N with tert-alkyl or cyclic N) is 1. The van der Waals surface area contributed by atoms with Gasteiger partial charge in [-0.3, -0.25) is 14.4 Å². The van der Waals surface area contributed by atoms with Crippen LogP contribution in [0, 0.1) is 17.8 Å². The van der Waals surface area contributed by atoms with E-state index in [1.54, 1.807) is 43.0 Å². The lowest BCUT2D eigenvalue weighted by Gasteiger charge is -2.43. The van der Waals surface area contributed by atoms with Crippen molar-refractivity contribution in [1.29, 1.82) is 0 Å². The first-order valence-corrected chi connectivity index (χ1v) is 25.2. The Bertz CT molecular complexity index is 2830. The third kappa shape index (κ3) is 10.3. The van der Waals surface area contributed by atoms with Crippen molar-refractivity contribution in [3.63, 3.8) is 0 Å². The van der Waals surface area contributed by atoms with Crippen LogP contribution < -0.4 is 20.9 Å². The van der Waals surface area contributed by atoms with Gasteiger partial charge < -0.3 is 50.7 Å². The molecule has 3 fully saturated rings. The van der Waals surface area contributed by atoms with E-state index >= 15 is 0 Å². The maximum absolute atomic E-state index is 14.6. The molecule has 72 heavy (non-hydrogen) atoms. The van der Waals surface area contributed by atoms with E-state index in [0.29, 0.717) is 47.8 Å². The summed E-state index contributed by atoms with van der Waals surface area (Å²) in [5.74, 6) is 2.51. The smallest absolute Gasteiger partial charge is 0.318 e. The summed E-state index contributed by atoms with van der Waals surface area (Å²) in [6.45, 7) is 11.0. The SMILES string of the molecule is C#Cc1ccc([C@H](C)NC(=O)[C@@H]2C[C@@H](O)CN2C(=O)[C@H](NC(=O)N2CCC(N3CCC(c4cnc(N5CCc6[nH]c7nnc(-c8ccccc8O)cc7c6[C@H]5C)nc4)CC3)CC2)C(C)(C)CC(=O)NC)cc1. The Labute approximate surface area is 420 Å². The molecular formula is C54H66N12O6. The fraction of sp³-hybridized carbons (Fsp3) is 0.481. The van der Waals surface area contributed by atoms with E-state index in [2.05, 4.69) is 53.8 Å². The molecule has 6 N–H and O–H groups in total. The number of hydrogen-bond donors (Lipinski definition) is 6. The van der Waals surface area contributed by atoms with Gasteiger partial charge in [-0.15, -0.1) is 16.6 Å². The average molecular weight is 979 g/mol. The molecule has 3 saturated heterocycles. The molecule has 5 atom stereocenters. The number of anilines is 1. The van der Waals surface area contributed by atoms with Crippen molar-refractivity contribution in [3.8, 4) is 29.4 Å². The summed E-state index contributed by atoms with van der Waals surface area (Å²) >= 11 is 0. The van der Waals surface area contributed by atoms with Gasteiger partial charge in [-0.1, -0.05) is 44.0 Å². The molecule has 18 heteroatoms. The van der Waals surface area contributed by atoms with Crippen molar-refractivity contribution in [2.24, 2.45) is 5.41 Å². The zero-order valence-corrected chi connectivity index (χ0v) is 41.8. The van der Waals surface area contributed by atoms with Crippen LogP contribution in [0.1, 0.15) is 112 Å². The van der Waals surface area contributed by atoms with Crippen LogP contribution in [0.2, 0.25) is 0 Å². The summed E-state index contributed by atoms with van der Waals surface area (Å²) in [5.41, 5.74) is 5.86. The van der Waals surface area contributed by atoms with Gasteiger partial charge in [-0.05, 0) is 100.0 Å². The van der Waals surface area contributed by atoms with Crippen molar-refractivity contribution in [2.75, 3.05) is 51.2 Å². The number of aromatic hydroxyl groups is 1. The molecule has 0 unspecified atom stereocenters. The zero-order chi connectivity index (χ0) is 50.8. The van der Waals surface area contributed by atoms with E-state index in [1.165, 1.54) is 11.9 Å². The number of aromatic nitrogens is 5. The first-order valence-electron chi connectivity index (χ1n) is 25.2. The standard InChI is InChI=1S/C54H66N12O6/c1-7-34-12-14-35(15-13-34)32(2)58-50(70)44-26-39(67)31-66(44)51(71)48(54(4,5)28-46(69)55-6)60-53(72)64-23-18-38(19-24-64)63-21-16-36(17-22-63)37-29-56-52(57-30-37)65-25-20-42-47(33(65)3)41-27-43(61-62-49(41)59-42)40-10-8-9-11-45(40)68/h1,8-15,27,29-30,32-33,36,38-39,44,48,67-68H,16-26,28,31H2,2-6H3,(H,55,69)(H,58,70)(H,59,62)(H,60,72)/t32-,33+,39+,44-,48-/m0/s1. The van der Waals surface area contributed by atoms with E-state index in [4.69, 9.17) is 16.4 Å². The van der Waals surface area contributed by atoms with Crippen LogP contribution in [0.4, 0.5) is 10.7 Å². The lowest BCUT2D eigenvalue weighted by Crippen LogP contribution is -2.61. The molecule has 7 heterocycles. The second-order valence-electron chi connectivity index (χ2n) is 20.6. The molecule has 3 aromatic heterocycles. The predicted molar refractivity (Wildman–Crippen MR) is 272 cm³/mol. The number of aliphatic hydroxyl groups excluding tert-OH is 1. The molecule has 0 radical (unpaired) electrons. The summed E-state index contributed by atoms with van der Waals surface area (Å²) in [6, 6.07) is 13.7. The minimum absolute atomic E-state index is 0.0160. The molecular weight excluding hydrogens is 913 g/mol. The maximum Gasteiger partial charge on any atom is 0.318 e. The summed E-state index contributed by atoms with van der Waals surface area (Å²) in [7, 11) is 1.52. The Morgan fingerprint density at radius 3 is 2.33 bits per heavy atom. The number of hydrogen-bond acceptors (Lipinski definition) is 12. The lowest BCUT2D eigenvalue weighted by molar-refractivity contribution is -0.143. The van der Waals surface area contributed by atoms with E-state index < -0.39 is 47.5 Å². The first-order chi connectivity index (χ1) is 34.6. The number of aromatic amines is 1. The van der Waals surface area contributed by atoms with Gasteiger partial charge in [-0.25, -0.2) is 14.8 Å². The fourth-order valence-corrected chi connectivity index (χ4v) is 11.3. The summed E-state index contributed by atoms with van der Waals surface area (Å²) < 4.78 is 0. The topological polar surface area (TPSA) is 225 Å². The van der Waals surface area contributed by atoms with Crippen LogP contribution in [0.25, 0.3) is 22.3 Å². The number of benzene rings is 2. The molecule has 5 aromatic rings. The van der Waals surface area contributed by atoms with E-state index in [1.807, 2.05) is 49.6 Å². The number of aliphatic hydroxyl groups is 1. The van der Waals surface area contributed by atoms with E-state index in [9.17, 15) is 29.4 Å². The molecule has 0 spiro atoms. The number of carbonyl (C=O) groups is 4. The maximum atomic E-state index is 14.6. The molecule has 4 aliphatic rings. The highest BCUT2D eigenvalue weighted by atomic mass is 16.3. The number of piperidine rings is 2. The Hall–Kier alpha value is -7.10. The van der Waals surface area contributed by atoms with Gasteiger partial charge in [0.2, 0.25) is 23.7 Å². The van der Waals surface area contributed by atoms with E-state index in [0.717, 1.165) is 85.2 Å². The van der Waals surface area contributed by atoms with Crippen LogP contribution >= 0.6 is 0 Å². The summed E-state index contributed by atoms with van der Waals surface area (Å²) in [4.78, 5) is 76.4. The fourth-order valence-electron chi connectivity index (χ4n) is 11.3. The highest BCUT2D eigenvalue weighted by Gasteiger charge is 2.47. The van der Waals surface area contributed by atoms with Gasteiger partial charge in [0.05, 0.1) is 23.9 Å². The molecule has 4 aliphatic heterocycles. The molecule has 18 nitrogen and oxygen atoms in total. The number of likely N-dealkylation sites (tertiary alicyclic amines) is 3.